The first-order chi connectivity index (χ1) is 5.16. The molecule has 0 aliphatic heterocycles. The highest BCUT2D eigenvalue weighted by Gasteiger charge is 2.01. The molecule has 66 valence electrons. The second-order valence-corrected chi connectivity index (χ2v) is 2.77. The molecule has 11 heavy (non-hydrogen) atoms. The van der Waals surface area contributed by atoms with Gasteiger partial charge in [0.2, 0.25) is 0 Å². The molecule has 0 aromatic rings. The molecule has 0 bridgehead atoms. The van der Waals surface area contributed by atoms with Crippen LogP contribution in [0.1, 0.15) is 13.8 Å². The topological polar surface area (TPSA) is 44.5 Å². The van der Waals surface area contributed by atoms with E-state index in [1.807, 2.05) is 13.8 Å². The normalized spacial score (nSPS) is 12.9. The average molecular weight is 177 g/mol. The third kappa shape index (κ3) is 7.71. The van der Waals surface area contributed by atoms with Crippen LogP contribution in [-0.2, 0) is 9.47 Å². The van der Waals surface area contributed by atoms with Gasteiger partial charge in [-0.3, -0.25) is 0 Å². The van der Waals surface area contributed by atoms with Crippen molar-refractivity contribution in [1.29, 1.82) is 0 Å². The molecule has 0 aliphatic rings. The molecule has 1 unspecified atom stereocenters. The molecule has 0 aliphatic carbocycles. The maximum absolute atomic E-state index is 5.24. The highest BCUT2D eigenvalue weighted by atomic mass is 32.1. The Balaban J connectivity index is 3.22. The van der Waals surface area contributed by atoms with Crippen molar-refractivity contribution >= 4 is 17.2 Å². The van der Waals surface area contributed by atoms with Crippen LogP contribution < -0.4 is 5.73 Å². The summed E-state index contributed by atoms with van der Waals surface area (Å²) in [4.78, 5) is 0.383. The monoisotopic (exact) mass is 177 g/mol. The molecule has 0 aromatic heterocycles. The van der Waals surface area contributed by atoms with Gasteiger partial charge in [-0.15, -0.1) is 0 Å². The van der Waals surface area contributed by atoms with Gasteiger partial charge in [0, 0.05) is 6.61 Å². The van der Waals surface area contributed by atoms with E-state index in [2.05, 4.69) is 12.2 Å². The van der Waals surface area contributed by atoms with E-state index < -0.39 is 0 Å². The first kappa shape index (κ1) is 10.8. The molecule has 0 amide bonds. The van der Waals surface area contributed by atoms with E-state index >= 15 is 0 Å². The second-order valence-electron chi connectivity index (χ2n) is 2.25. The summed E-state index contributed by atoms with van der Waals surface area (Å²) in [6, 6.07) is 0. The first-order valence-electron chi connectivity index (χ1n) is 3.64. The fourth-order valence-electron chi connectivity index (χ4n) is 0.556. The summed E-state index contributed by atoms with van der Waals surface area (Å²) in [6.45, 7) is 5.51. The minimum absolute atomic E-state index is 0.0662. The van der Waals surface area contributed by atoms with Gasteiger partial charge in [-0.25, -0.2) is 0 Å². The summed E-state index contributed by atoms with van der Waals surface area (Å²) in [6.07, 6.45) is 0.0662. The predicted molar refractivity (Wildman–Crippen MR) is 48.7 cm³/mol. The Morgan fingerprint density at radius 3 is 2.73 bits per heavy atom. The fraction of sp³-hybridized carbons (Fsp3) is 0.857. The number of thiocarbonyl (C=S) groups is 1. The van der Waals surface area contributed by atoms with E-state index in [-0.39, 0.29) is 6.10 Å². The van der Waals surface area contributed by atoms with Crippen LogP contribution >= 0.6 is 12.2 Å². The Kier molecular flexibility index (Phi) is 6.40. The predicted octanol–water partition coefficient (Wildman–Crippen LogP) is 0.714. The van der Waals surface area contributed by atoms with Crippen LogP contribution in [-0.4, -0.2) is 30.9 Å². The smallest absolute Gasteiger partial charge is 0.0989 e. The van der Waals surface area contributed by atoms with E-state index in [0.717, 1.165) is 0 Å². The van der Waals surface area contributed by atoms with E-state index in [9.17, 15) is 0 Å². The molecule has 0 radical (unpaired) electrons. The fourth-order valence-corrected chi connectivity index (χ4v) is 0.624. The molecule has 0 aromatic carbocycles. The van der Waals surface area contributed by atoms with E-state index in [1.54, 1.807) is 0 Å². The number of hydrogen-bond acceptors (Lipinski definition) is 3. The first-order valence-corrected chi connectivity index (χ1v) is 4.05. The van der Waals surface area contributed by atoms with Crippen LogP contribution in [0.3, 0.4) is 0 Å². The van der Waals surface area contributed by atoms with Gasteiger partial charge < -0.3 is 15.2 Å². The van der Waals surface area contributed by atoms with Crippen molar-refractivity contribution in [1.82, 2.24) is 0 Å². The summed E-state index contributed by atoms with van der Waals surface area (Å²) in [5.41, 5.74) is 5.24. The summed E-state index contributed by atoms with van der Waals surface area (Å²) >= 11 is 4.64. The average Bonchev–Trinajstić information content (AvgIpc) is 1.97. The van der Waals surface area contributed by atoms with Crippen LogP contribution in [0.2, 0.25) is 0 Å². The minimum atomic E-state index is 0.0662. The van der Waals surface area contributed by atoms with E-state index in [0.29, 0.717) is 24.8 Å². The van der Waals surface area contributed by atoms with Crippen molar-refractivity contribution in [3.05, 3.63) is 0 Å². The Morgan fingerprint density at radius 2 is 2.27 bits per heavy atom. The molecule has 1 atom stereocenters. The maximum atomic E-state index is 5.24. The molecule has 0 saturated carbocycles. The molecule has 0 fully saturated rings. The van der Waals surface area contributed by atoms with Crippen molar-refractivity contribution in [2.45, 2.75) is 20.0 Å². The molecule has 0 rings (SSSR count). The standard InChI is InChI=1S/C7H15NO2S/c1-3-9-4-6(2)10-5-7(8)11/h6H,3-5H2,1-2H3,(H2,8,11). The molecule has 0 spiro atoms. The highest BCUT2D eigenvalue weighted by Crippen LogP contribution is 1.91. The zero-order valence-corrected chi connectivity index (χ0v) is 7.82. The summed E-state index contributed by atoms with van der Waals surface area (Å²) in [5, 5.41) is 0. The van der Waals surface area contributed by atoms with Crippen molar-refractivity contribution in [2.75, 3.05) is 19.8 Å². The highest BCUT2D eigenvalue weighted by molar-refractivity contribution is 7.80. The molecule has 0 saturated heterocycles. The Morgan fingerprint density at radius 1 is 1.64 bits per heavy atom. The van der Waals surface area contributed by atoms with E-state index in [4.69, 9.17) is 15.2 Å². The van der Waals surface area contributed by atoms with Gasteiger partial charge in [-0.05, 0) is 13.8 Å². The molecule has 0 heterocycles. The Labute approximate surface area is 72.9 Å². The Hall–Kier alpha value is -0.190. The third-order valence-corrected chi connectivity index (χ3v) is 1.18. The molecule has 2 N–H and O–H groups in total. The Bertz CT molecular complexity index is 119. The zero-order chi connectivity index (χ0) is 8.69. The third-order valence-electron chi connectivity index (χ3n) is 1.07. The van der Waals surface area contributed by atoms with Crippen molar-refractivity contribution < 1.29 is 9.47 Å². The number of rotatable bonds is 6. The maximum Gasteiger partial charge on any atom is 0.0989 e. The minimum Gasteiger partial charge on any atom is -0.391 e. The summed E-state index contributed by atoms with van der Waals surface area (Å²) in [5.74, 6) is 0. The van der Waals surface area contributed by atoms with Crippen molar-refractivity contribution in [3.8, 4) is 0 Å². The van der Waals surface area contributed by atoms with Crippen molar-refractivity contribution in [2.24, 2.45) is 5.73 Å². The lowest BCUT2D eigenvalue weighted by Crippen LogP contribution is -2.23. The number of nitrogens with two attached hydrogens (primary N) is 1. The summed E-state index contributed by atoms with van der Waals surface area (Å²) in [7, 11) is 0. The van der Waals surface area contributed by atoms with Gasteiger partial charge in [-0.1, -0.05) is 12.2 Å². The van der Waals surface area contributed by atoms with Crippen LogP contribution in [0.25, 0.3) is 0 Å². The number of hydrogen-bond donors (Lipinski definition) is 1. The van der Waals surface area contributed by atoms with Crippen molar-refractivity contribution in [3.63, 3.8) is 0 Å². The molecular weight excluding hydrogens is 162 g/mol. The van der Waals surface area contributed by atoms with Gasteiger partial charge in [-0.2, -0.15) is 0 Å². The quantitative estimate of drug-likeness (QED) is 0.607. The van der Waals surface area contributed by atoms with E-state index in [1.165, 1.54) is 0 Å². The van der Waals surface area contributed by atoms with Crippen LogP contribution in [0.15, 0.2) is 0 Å². The van der Waals surface area contributed by atoms with Gasteiger partial charge in [0.05, 0.1) is 24.3 Å². The molecule has 4 heteroatoms. The lowest BCUT2D eigenvalue weighted by molar-refractivity contribution is 0.0126. The van der Waals surface area contributed by atoms with Crippen LogP contribution in [0.4, 0.5) is 0 Å². The largest absolute Gasteiger partial charge is 0.391 e. The zero-order valence-electron chi connectivity index (χ0n) is 7.00. The molecular formula is C7H15NO2S. The van der Waals surface area contributed by atoms with Crippen LogP contribution in [0, 0.1) is 0 Å². The summed E-state index contributed by atoms with van der Waals surface area (Å²) < 4.78 is 10.3. The van der Waals surface area contributed by atoms with Gasteiger partial charge in [0.25, 0.3) is 0 Å². The van der Waals surface area contributed by atoms with Crippen LogP contribution in [0.5, 0.6) is 0 Å². The second kappa shape index (κ2) is 6.52. The van der Waals surface area contributed by atoms with Gasteiger partial charge >= 0.3 is 0 Å². The number of ether oxygens (including phenoxy) is 2. The lowest BCUT2D eigenvalue weighted by Gasteiger charge is -2.11. The lowest BCUT2D eigenvalue weighted by atomic mass is 10.4. The SMILES string of the molecule is CCOCC(C)OCC(N)=S. The molecule has 3 nitrogen and oxygen atoms in total. The van der Waals surface area contributed by atoms with Gasteiger partial charge in [0.15, 0.2) is 0 Å². The van der Waals surface area contributed by atoms with Gasteiger partial charge in [0.1, 0.15) is 0 Å².